The Balaban J connectivity index is 1.77. The SMILES string of the molecule is Cc1ccc(CNC(=O)CN2CCC[C@H]2CO)cc1. The van der Waals surface area contributed by atoms with Crippen molar-refractivity contribution in [3.63, 3.8) is 0 Å². The summed E-state index contributed by atoms with van der Waals surface area (Å²) in [6.07, 6.45) is 2.05. The van der Waals surface area contributed by atoms with Gasteiger partial charge in [-0.15, -0.1) is 0 Å². The number of likely N-dealkylation sites (tertiary alicyclic amines) is 1. The van der Waals surface area contributed by atoms with Crippen molar-refractivity contribution in [1.29, 1.82) is 0 Å². The van der Waals surface area contributed by atoms with Crippen LogP contribution in [0.25, 0.3) is 0 Å². The second kappa shape index (κ2) is 6.68. The number of amides is 1. The summed E-state index contributed by atoms with van der Waals surface area (Å²) in [5.41, 5.74) is 2.33. The predicted molar refractivity (Wildman–Crippen MR) is 74.7 cm³/mol. The fourth-order valence-electron chi connectivity index (χ4n) is 2.46. The Morgan fingerprint density at radius 2 is 2.16 bits per heavy atom. The lowest BCUT2D eigenvalue weighted by molar-refractivity contribution is -0.122. The van der Waals surface area contributed by atoms with Crippen LogP contribution in [-0.4, -0.2) is 41.7 Å². The van der Waals surface area contributed by atoms with Crippen LogP contribution in [-0.2, 0) is 11.3 Å². The van der Waals surface area contributed by atoms with Gasteiger partial charge in [0.2, 0.25) is 5.91 Å². The van der Waals surface area contributed by atoms with Crippen LogP contribution in [0.3, 0.4) is 0 Å². The third kappa shape index (κ3) is 4.04. The maximum atomic E-state index is 11.9. The lowest BCUT2D eigenvalue weighted by atomic mass is 10.1. The van der Waals surface area contributed by atoms with E-state index in [0.717, 1.165) is 24.9 Å². The smallest absolute Gasteiger partial charge is 0.234 e. The van der Waals surface area contributed by atoms with Crippen LogP contribution < -0.4 is 5.32 Å². The molecule has 0 saturated carbocycles. The summed E-state index contributed by atoms with van der Waals surface area (Å²) in [5, 5.41) is 12.1. The van der Waals surface area contributed by atoms with E-state index in [0.29, 0.717) is 13.1 Å². The Morgan fingerprint density at radius 1 is 1.42 bits per heavy atom. The maximum absolute atomic E-state index is 11.9. The summed E-state index contributed by atoms with van der Waals surface area (Å²) in [7, 11) is 0. The average Bonchev–Trinajstić information content (AvgIpc) is 2.85. The number of benzene rings is 1. The monoisotopic (exact) mass is 262 g/mol. The van der Waals surface area contributed by atoms with Gasteiger partial charge in [-0.05, 0) is 31.9 Å². The number of carbonyl (C=O) groups is 1. The van der Waals surface area contributed by atoms with Gasteiger partial charge in [-0.25, -0.2) is 0 Å². The number of carbonyl (C=O) groups excluding carboxylic acids is 1. The summed E-state index contributed by atoms with van der Waals surface area (Å²) in [4.78, 5) is 13.9. The highest BCUT2D eigenvalue weighted by Crippen LogP contribution is 2.15. The van der Waals surface area contributed by atoms with Crippen molar-refractivity contribution in [3.05, 3.63) is 35.4 Å². The van der Waals surface area contributed by atoms with Crippen molar-refractivity contribution < 1.29 is 9.90 Å². The average molecular weight is 262 g/mol. The Hall–Kier alpha value is -1.39. The van der Waals surface area contributed by atoms with Gasteiger partial charge in [0, 0.05) is 12.6 Å². The molecule has 1 aromatic rings. The highest BCUT2D eigenvalue weighted by Gasteiger charge is 2.25. The van der Waals surface area contributed by atoms with E-state index in [9.17, 15) is 9.90 Å². The van der Waals surface area contributed by atoms with Crippen LogP contribution in [0.5, 0.6) is 0 Å². The van der Waals surface area contributed by atoms with Crippen LogP contribution in [0.15, 0.2) is 24.3 Å². The van der Waals surface area contributed by atoms with Gasteiger partial charge >= 0.3 is 0 Å². The zero-order valence-electron chi connectivity index (χ0n) is 11.4. The van der Waals surface area contributed by atoms with Gasteiger partial charge < -0.3 is 10.4 Å². The molecule has 1 heterocycles. The highest BCUT2D eigenvalue weighted by atomic mass is 16.3. The van der Waals surface area contributed by atoms with Crippen molar-refractivity contribution in [3.8, 4) is 0 Å². The molecule has 1 atom stereocenters. The lowest BCUT2D eigenvalue weighted by Gasteiger charge is -2.21. The fourth-order valence-corrected chi connectivity index (χ4v) is 2.46. The van der Waals surface area contributed by atoms with E-state index in [-0.39, 0.29) is 18.6 Å². The van der Waals surface area contributed by atoms with Gasteiger partial charge in [0.25, 0.3) is 0 Å². The molecule has 2 N–H and O–H groups in total. The second-order valence-electron chi connectivity index (χ2n) is 5.21. The molecule has 0 aromatic heterocycles. The Morgan fingerprint density at radius 3 is 2.84 bits per heavy atom. The zero-order valence-corrected chi connectivity index (χ0v) is 11.4. The van der Waals surface area contributed by atoms with Gasteiger partial charge in [0.1, 0.15) is 0 Å². The summed E-state index contributed by atoms with van der Waals surface area (Å²) >= 11 is 0. The second-order valence-corrected chi connectivity index (χ2v) is 5.21. The summed E-state index contributed by atoms with van der Waals surface area (Å²) in [6.45, 7) is 4.05. The van der Waals surface area contributed by atoms with Crippen molar-refractivity contribution in [1.82, 2.24) is 10.2 Å². The van der Waals surface area contributed by atoms with Crippen molar-refractivity contribution in [2.24, 2.45) is 0 Å². The molecular weight excluding hydrogens is 240 g/mol. The van der Waals surface area contributed by atoms with Gasteiger partial charge in [-0.3, -0.25) is 9.69 Å². The molecule has 1 fully saturated rings. The molecule has 0 spiro atoms. The van der Waals surface area contributed by atoms with E-state index in [2.05, 4.69) is 10.2 Å². The molecule has 1 aliphatic heterocycles. The van der Waals surface area contributed by atoms with Crippen molar-refractivity contribution >= 4 is 5.91 Å². The highest BCUT2D eigenvalue weighted by molar-refractivity contribution is 5.78. The first-order valence-corrected chi connectivity index (χ1v) is 6.86. The minimum Gasteiger partial charge on any atom is -0.395 e. The van der Waals surface area contributed by atoms with Crippen molar-refractivity contribution in [2.75, 3.05) is 19.7 Å². The molecule has 1 aromatic carbocycles. The molecule has 1 saturated heterocycles. The molecule has 0 bridgehead atoms. The molecule has 104 valence electrons. The van der Waals surface area contributed by atoms with E-state index in [1.807, 2.05) is 31.2 Å². The molecule has 19 heavy (non-hydrogen) atoms. The molecular formula is C15H22N2O2. The Kier molecular flexibility index (Phi) is 4.93. The summed E-state index contributed by atoms with van der Waals surface area (Å²) < 4.78 is 0. The van der Waals surface area contributed by atoms with E-state index in [1.165, 1.54) is 5.56 Å². The minimum absolute atomic E-state index is 0.0286. The van der Waals surface area contributed by atoms with E-state index in [1.54, 1.807) is 0 Å². The molecule has 0 aliphatic carbocycles. The van der Waals surface area contributed by atoms with E-state index < -0.39 is 0 Å². The number of aliphatic hydroxyl groups excluding tert-OH is 1. The van der Waals surface area contributed by atoms with Crippen molar-refractivity contribution in [2.45, 2.75) is 32.4 Å². The van der Waals surface area contributed by atoms with Crippen LogP contribution in [0.1, 0.15) is 24.0 Å². The summed E-state index contributed by atoms with van der Waals surface area (Å²) in [5.74, 6) is 0.0286. The Labute approximate surface area is 114 Å². The third-order valence-electron chi connectivity index (χ3n) is 3.67. The number of hydrogen-bond acceptors (Lipinski definition) is 3. The number of nitrogens with one attached hydrogen (secondary N) is 1. The van der Waals surface area contributed by atoms with E-state index in [4.69, 9.17) is 0 Å². The topological polar surface area (TPSA) is 52.6 Å². The zero-order chi connectivity index (χ0) is 13.7. The van der Waals surface area contributed by atoms with Gasteiger partial charge in [0.05, 0.1) is 13.2 Å². The van der Waals surface area contributed by atoms with Gasteiger partial charge in [-0.2, -0.15) is 0 Å². The van der Waals surface area contributed by atoms with Crippen LogP contribution in [0.4, 0.5) is 0 Å². The predicted octanol–water partition coefficient (Wildman–Crippen LogP) is 1.07. The standard InChI is InChI=1S/C15H22N2O2/c1-12-4-6-13(7-5-12)9-16-15(19)10-17-8-2-3-14(17)11-18/h4-7,14,18H,2-3,8-11H2,1H3,(H,16,19)/t14-/m0/s1. The van der Waals surface area contributed by atoms with Gasteiger partial charge in [0.15, 0.2) is 0 Å². The molecule has 1 aliphatic rings. The first-order valence-electron chi connectivity index (χ1n) is 6.86. The first kappa shape index (κ1) is 14.0. The third-order valence-corrected chi connectivity index (χ3v) is 3.67. The molecule has 2 rings (SSSR count). The van der Waals surface area contributed by atoms with Crippen LogP contribution >= 0.6 is 0 Å². The van der Waals surface area contributed by atoms with Crippen LogP contribution in [0, 0.1) is 6.92 Å². The Bertz CT molecular complexity index is 417. The molecule has 0 radical (unpaired) electrons. The number of aryl methyl sites for hydroxylation is 1. The number of rotatable bonds is 5. The largest absolute Gasteiger partial charge is 0.395 e. The molecule has 0 unspecified atom stereocenters. The molecule has 4 heteroatoms. The molecule has 1 amide bonds. The maximum Gasteiger partial charge on any atom is 0.234 e. The number of aliphatic hydroxyl groups is 1. The lowest BCUT2D eigenvalue weighted by Crippen LogP contribution is -2.40. The summed E-state index contributed by atoms with van der Waals surface area (Å²) in [6, 6.07) is 8.31. The number of nitrogens with zero attached hydrogens (tertiary/aromatic N) is 1. The quantitative estimate of drug-likeness (QED) is 0.834. The normalized spacial score (nSPS) is 19.6. The van der Waals surface area contributed by atoms with E-state index >= 15 is 0 Å². The number of hydrogen-bond donors (Lipinski definition) is 2. The van der Waals surface area contributed by atoms with Gasteiger partial charge in [-0.1, -0.05) is 29.8 Å². The fraction of sp³-hybridized carbons (Fsp3) is 0.533. The molecule has 4 nitrogen and oxygen atoms in total. The minimum atomic E-state index is 0.0286. The van der Waals surface area contributed by atoms with Crippen LogP contribution in [0.2, 0.25) is 0 Å². The first-order chi connectivity index (χ1) is 9.19.